The standard InChI is InChI=1S/C18H17ClN2O3/c19-12-5-9-14(10-6-12)24-11-17(22)21-16-4-2-1-3-15(16)18(23)20-13-7-8-13/h1-6,9-10,13H,7-8,11H2,(H,20,23)(H,21,22). The van der Waals surface area contributed by atoms with E-state index in [2.05, 4.69) is 10.6 Å². The average Bonchev–Trinajstić information content (AvgIpc) is 3.39. The number of amides is 2. The Morgan fingerprint density at radius 3 is 2.50 bits per heavy atom. The summed E-state index contributed by atoms with van der Waals surface area (Å²) >= 11 is 5.80. The zero-order valence-corrected chi connectivity index (χ0v) is 13.7. The zero-order chi connectivity index (χ0) is 16.9. The van der Waals surface area contributed by atoms with Crippen LogP contribution in [-0.4, -0.2) is 24.5 Å². The molecule has 1 saturated carbocycles. The van der Waals surface area contributed by atoms with Crippen LogP contribution in [0.5, 0.6) is 5.75 Å². The summed E-state index contributed by atoms with van der Waals surface area (Å²) in [5.74, 6) is 0.0398. The van der Waals surface area contributed by atoms with Gasteiger partial charge in [0, 0.05) is 11.1 Å². The predicted octanol–water partition coefficient (Wildman–Crippen LogP) is 3.25. The molecule has 2 amide bonds. The molecule has 0 aromatic heterocycles. The van der Waals surface area contributed by atoms with Crippen molar-refractivity contribution in [2.24, 2.45) is 0 Å². The fraction of sp³-hybridized carbons (Fsp3) is 0.222. The fourth-order valence-corrected chi connectivity index (χ4v) is 2.27. The molecule has 0 unspecified atom stereocenters. The summed E-state index contributed by atoms with van der Waals surface area (Å²) in [6, 6.07) is 13.9. The Morgan fingerprint density at radius 1 is 1.08 bits per heavy atom. The highest BCUT2D eigenvalue weighted by atomic mass is 35.5. The van der Waals surface area contributed by atoms with Crippen LogP contribution in [0, 0.1) is 0 Å². The summed E-state index contributed by atoms with van der Waals surface area (Å²) in [6.45, 7) is -0.153. The normalized spacial score (nSPS) is 13.2. The lowest BCUT2D eigenvalue weighted by atomic mass is 10.1. The van der Waals surface area contributed by atoms with E-state index in [9.17, 15) is 9.59 Å². The lowest BCUT2D eigenvalue weighted by molar-refractivity contribution is -0.118. The van der Waals surface area contributed by atoms with Crippen LogP contribution in [0.3, 0.4) is 0 Å². The van der Waals surface area contributed by atoms with Gasteiger partial charge in [0.05, 0.1) is 11.3 Å². The van der Waals surface area contributed by atoms with Crippen LogP contribution in [0.25, 0.3) is 0 Å². The maximum atomic E-state index is 12.2. The number of hydrogen-bond donors (Lipinski definition) is 2. The Labute approximate surface area is 145 Å². The highest BCUT2D eigenvalue weighted by Gasteiger charge is 2.25. The molecule has 0 spiro atoms. The lowest BCUT2D eigenvalue weighted by Crippen LogP contribution is -2.27. The number of carbonyl (C=O) groups is 2. The van der Waals surface area contributed by atoms with Crippen LogP contribution in [-0.2, 0) is 4.79 Å². The third-order valence-corrected chi connectivity index (χ3v) is 3.79. The molecule has 24 heavy (non-hydrogen) atoms. The third-order valence-electron chi connectivity index (χ3n) is 3.54. The highest BCUT2D eigenvalue weighted by molar-refractivity contribution is 6.30. The minimum atomic E-state index is -0.336. The number of nitrogens with one attached hydrogen (secondary N) is 2. The highest BCUT2D eigenvalue weighted by Crippen LogP contribution is 2.21. The van der Waals surface area contributed by atoms with Gasteiger partial charge in [0.2, 0.25) is 0 Å². The molecule has 6 heteroatoms. The minimum Gasteiger partial charge on any atom is -0.484 e. The van der Waals surface area contributed by atoms with E-state index >= 15 is 0 Å². The van der Waals surface area contributed by atoms with Crippen LogP contribution in [0.1, 0.15) is 23.2 Å². The molecule has 0 bridgehead atoms. The maximum absolute atomic E-state index is 12.2. The van der Waals surface area contributed by atoms with Gasteiger partial charge in [0.1, 0.15) is 5.75 Å². The van der Waals surface area contributed by atoms with E-state index in [-0.39, 0.29) is 24.5 Å². The van der Waals surface area contributed by atoms with Crippen molar-refractivity contribution in [2.45, 2.75) is 18.9 Å². The molecule has 0 heterocycles. The molecule has 0 saturated heterocycles. The second-order valence-corrected chi connectivity index (χ2v) is 6.02. The Hall–Kier alpha value is -2.53. The summed E-state index contributed by atoms with van der Waals surface area (Å²) in [5.41, 5.74) is 0.921. The number of halogens is 1. The molecule has 2 aromatic rings. The number of rotatable bonds is 6. The molecule has 1 aliphatic rings. The molecule has 1 fully saturated rings. The van der Waals surface area contributed by atoms with Crippen molar-refractivity contribution in [3.63, 3.8) is 0 Å². The largest absolute Gasteiger partial charge is 0.484 e. The smallest absolute Gasteiger partial charge is 0.262 e. The first kappa shape index (κ1) is 16.3. The van der Waals surface area contributed by atoms with E-state index in [0.29, 0.717) is 22.0 Å². The summed E-state index contributed by atoms with van der Waals surface area (Å²) in [6.07, 6.45) is 2.02. The molecule has 2 aromatic carbocycles. The van der Waals surface area contributed by atoms with Crippen LogP contribution >= 0.6 is 11.6 Å². The van der Waals surface area contributed by atoms with Crippen molar-refractivity contribution in [2.75, 3.05) is 11.9 Å². The van der Waals surface area contributed by atoms with E-state index in [4.69, 9.17) is 16.3 Å². The van der Waals surface area contributed by atoms with Gasteiger partial charge in [-0.25, -0.2) is 0 Å². The predicted molar refractivity (Wildman–Crippen MR) is 92.5 cm³/mol. The number of hydrogen-bond acceptors (Lipinski definition) is 3. The first-order valence-corrected chi connectivity index (χ1v) is 8.08. The summed E-state index contributed by atoms with van der Waals surface area (Å²) in [7, 11) is 0. The van der Waals surface area contributed by atoms with Crippen molar-refractivity contribution < 1.29 is 14.3 Å². The van der Waals surface area contributed by atoms with Gasteiger partial charge in [0.25, 0.3) is 11.8 Å². The van der Waals surface area contributed by atoms with Gasteiger partial charge in [0.15, 0.2) is 6.61 Å². The summed E-state index contributed by atoms with van der Waals surface area (Å²) in [4.78, 5) is 24.3. The van der Waals surface area contributed by atoms with Gasteiger partial charge in [-0.2, -0.15) is 0 Å². The quantitative estimate of drug-likeness (QED) is 0.845. The number of para-hydroxylation sites is 1. The van der Waals surface area contributed by atoms with Crippen molar-refractivity contribution in [1.82, 2.24) is 5.32 Å². The van der Waals surface area contributed by atoms with Crippen molar-refractivity contribution in [3.05, 3.63) is 59.1 Å². The van der Waals surface area contributed by atoms with Crippen molar-refractivity contribution in [3.8, 4) is 5.75 Å². The zero-order valence-electron chi connectivity index (χ0n) is 12.9. The summed E-state index contributed by atoms with van der Waals surface area (Å²) < 4.78 is 5.40. The number of carbonyl (C=O) groups excluding carboxylic acids is 2. The van der Waals surface area contributed by atoms with Gasteiger partial charge >= 0.3 is 0 Å². The number of ether oxygens (including phenoxy) is 1. The molecule has 0 aliphatic heterocycles. The lowest BCUT2D eigenvalue weighted by Gasteiger charge is -2.11. The number of benzene rings is 2. The maximum Gasteiger partial charge on any atom is 0.262 e. The van der Waals surface area contributed by atoms with Gasteiger partial charge in [-0.3, -0.25) is 9.59 Å². The first-order valence-electron chi connectivity index (χ1n) is 7.70. The fourth-order valence-electron chi connectivity index (χ4n) is 2.15. The van der Waals surface area contributed by atoms with Crippen LogP contribution < -0.4 is 15.4 Å². The second-order valence-electron chi connectivity index (χ2n) is 5.58. The molecular weight excluding hydrogens is 328 g/mol. The minimum absolute atomic E-state index is 0.153. The topological polar surface area (TPSA) is 67.4 Å². The van der Waals surface area contributed by atoms with E-state index in [1.807, 2.05) is 0 Å². The third kappa shape index (κ3) is 4.49. The monoisotopic (exact) mass is 344 g/mol. The van der Waals surface area contributed by atoms with Gasteiger partial charge in [-0.05, 0) is 49.2 Å². The molecule has 3 rings (SSSR count). The molecule has 2 N–H and O–H groups in total. The Bertz CT molecular complexity index is 742. The Morgan fingerprint density at radius 2 is 1.79 bits per heavy atom. The molecule has 0 atom stereocenters. The van der Waals surface area contributed by atoms with Crippen LogP contribution in [0.4, 0.5) is 5.69 Å². The van der Waals surface area contributed by atoms with E-state index in [1.165, 1.54) is 0 Å². The SMILES string of the molecule is O=C(COc1ccc(Cl)cc1)Nc1ccccc1C(=O)NC1CC1. The average molecular weight is 345 g/mol. The molecule has 0 radical (unpaired) electrons. The van der Waals surface area contributed by atoms with Crippen molar-refractivity contribution >= 4 is 29.1 Å². The Balaban J connectivity index is 1.59. The summed E-state index contributed by atoms with van der Waals surface area (Å²) in [5, 5.41) is 6.23. The van der Waals surface area contributed by atoms with Gasteiger partial charge in [-0.1, -0.05) is 23.7 Å². The number of anilines is 1. The van der Waals surface area contributed by atoms with Crippen molar-refractivity contribution in [1.29, 1.82) is 0 Å². The van der Waals surface area contributed by atoms with Crippen LogP contribution in [0.2, 0.25) is 5.02 Å². The second kappa shape index (κ2) is 7.36. The van der Waals surface area contributed by atoms with E-state index < -0.39 is 0 Å². The first-order chi connectivity index (χ1) is 11.6. The van der Waals surface area contributed by atoms with E-state index in [1.54, 1.807) is 48.5 Å². The molecular formula is C18H17ClN2O3. The van der Waals surface area contributed by atoms with Gasteiger partial charge in [-0.15, -0.1) is 0 Å². The molecule has 1 aliphatic carbocycles. The van der Waals surface area contributed by atoms with E-state index in [0.717, 1.165) is 12.8 Å². The van der Waals surface area contributed by atoms with Crippen LogP contribution in [0.15, 0.2) is 48.5 Å². The molecule has 5 nitrogen and oxygen atoms in total. The molecule has 124 valence electrons. The van der Waals surface area contributed by atoms with Gasteiger partial charge < -0.3 is 15.4 Å². The Kier molecular flexibility index (Phi) is 5.01.